The molecule has 1 unspecified atom stereocenters. The van der Waals surface area contributed by atoms with Gasteiger partial charge in [-0.25, -0.2) is 9.59 Å². The normalized spacial score (nSPS) is 17.9. The van der Waals surface area contributed by atoms with Crippen LogP contribution in [0, 0.1) is 0 Å². The van der Waals surface area contributed by atoms with Crippen LogP contribution < -0.4 is 0 Å². The third-order valence-corrected chi connectivity index (χ3v) is 2.37. The fourth-order valence-electron chi connectivity index (χ4n) is 1.59. The van der Waals surface area contributed by atoms with E-state index in [2.05, 4.69) is 4.74 Å². The van der Waals surface area contributed by atoms with Gasteiger partial charge in [-0.3, -0.25) is 0 Å². The minimum absolute atomic E-state index is 0.363. The van der Waals surface area contributed by atoms with E-state index < -0.39 is 18.2 Å². The highest BCUT2D eigenvalue weighted by molar-refractivity contribution is 5.96. The lowest BCUT2D eigenvalue weighted by Gasteiger charge is -2.07. The summed E-state index contributed by atoms with van der Waals surface area (Å²) in [6, 6.07) is 4.59. The van der Waals surface area contributed by atoms with Crippen molar-refractivity contribution in [3.8, 4) is 0 Å². The van der Waals surface area contributed by atoms with Crippen LogP contribution in [-0.2, 0) is 14.2 Å². The first-order chi connectivity index (χ1) is 7.67. The first kappa shape index (κ1) is 10.6. The predicted octanol–water partition coefficient (Wildman–Crippen LogP) is 1.29. The van der Waals surface area contributed by atoms with E-state index in [4.69, 9.17) is 9.47 Å². The van der Waals surface area contributed by atoms with Crippen LogP contribution in [0.4, 0.5) is 0 Å². The van der Waals surface area contributed by atoms with E-state index in [1.165, 1.54) is 26.4 Å². The predicted molar refractivity (Wildman–Crippen MR) is 52.9 cm³/mol. The zero-order valence-electron chi connectivity index (χ0n) is 8.85. The zero-order chi connectivity index (χ0) is 11.7. The first-order valence-corrected chi connectivity index (χ1v) is 4.63. The second-order valence-corrected chi connectivity index (χ2v) is 3.27. The molecule has 0 fully saturated rings. The molecule has 2 rings (SSSR count). The van der Waals surface area contributed by atoms with Gasteiger partial charge in [0.25, 0.3) is 0 Å². The minimum Gasteiger partial charge on any atom is -0.465 e. The standard InChI is InChI=1S/C11H10O5/c1-14-9(12)6-3-4-7-8(5-6)11(15-2)16-10(7)13/h3-5,11H,1-2H3. The third kappa shape index (κ3) is 1.55. The van der Waals surface area contributed by atoms with Gasteiger partial charge in [0, 0.05) is 12.7 Å². The van der Waals surface area contributed by atoms with Crippen molar-refractivity contribution in [3.05, 3.63) is 34.9 Å². The molecule has 1 atom stereocenters. The Kier molecular flexibility index (Phi) is 2.62. The Morgan fingerprint density at radius 3 is 2.75 bits per heavy atom. The lowest BCUT2D eigenvalue weighted by atomic mass is 10.1. The van der Waals surface area contributed by atoms with E-state index in [-0.39, 0.29) is 0 Å². The molecule has 1 aromatic rings. The topological polar surface area (TPSA) is 61.8 Å². The number of ether oxygens (including phenoxy) is 3. The molecule has 0 aliphatic carbocycles. The molecular weight excluding hydrogens is 212 g/mol. The van der Waals surface area contributed by atoms with Crippen molar-refractivity contribution in [1.29, 1.82) is 0 Å². The molecule has 1 heterocycles. The number of cyclic esters (lactones) is 1. The van der Waals surface area contributed by atoms with Gasteiger partial charge in [-0.15, -0.1) is 0 Å². The number of carbonyl (C=O) groups excluding carboxylic acids is 2. The smallest absolute Gasteiger partial charge is 0.341 e. The highest BCUT2D eigenvalue weighted by atomic mass is 16.7. The number of hydrogen-bond acceptors (Lipinski definition) is 5. The minimum atomic E-state index is -0.743. The molecule has 5 heteroatoms. The number of carbonyl (C=O) groups is 2. The number of esters is 2. The highest BCUT2D eigenvalue weighted by Crippen LogP contribution is 2.31. The summed E-state index contributed by atoms with van der Waals surface area (Å²) in [6.07, 6.45) is -0.743. The molecule has 1 aromatic carbocycles. The molecule has 84 valence electrons. The average Bonchev–Trinajstić information content (AvgIpc) is 2.64. The fraction of sp³-hybridized carbons (Fsp3) is 0.273. The molecule has 0 N–H and O–H groups in total. The second kappa shape index (κ2) is 3.94. The van der Waals surface area contributed by atoms with Crippen molar-refractivity contribution in [2.45, 2.75) is 6.29 Å². The quantitative estimate of drug-likeness (QED) is 0.705. The van der Waals surface area contributed by atoms with Crippen molar-refractivity contribution in [3.63, 3.8) is 0 Å². The van der Waals surface area contributed by atoms with Gasteiger partial charge in [0.05, 0.1) is 18.2 Å². The summed E-state index contributed by atoms with van der Waals surface area (Å²) in [4.78, 5) is 22.7. The monoisotopic (exact) mass is 222 g/mol. The van der Waals surface area contributed by atoms with Crippen molar-refractivity contribution < 1.29 is 23.8 Å². The van der Waals surface area contributed by atoms with Crippen LogP contribution in [0.3, 0.4) is 0 Å². The van der Waals surface area contributed by atoms with Crippen LogP contribution in [0.25, 0.3) is 0 Å². The summed E-state index contributed by atoms with van der Waals surface area (Å²) in [5, 5.41) is 0. The lowest BCUT2D eigenvalue weighted by molar-refractivity contribution is -0.0816. The number of hydrogen-bond donors (Lipinski definition) is 0. The van der Waals surface area contributed by atoms with Gasteiger partial charge < -0.3 is 14.2 Å². The Bertz CT molecular complexity index is 452. The number of benzene rings is 1. The molecule has 0 saturated heterocycles. The van der Waals surface area contributed by atoms with E-state index in [0.717, 1.165) is 0 Å². The highest BCUT2D eigenvalue weighted by Gasteiger charge is 2.31. The molecule has 0 bridgehead atoms. The summed E-state index contributed by atoms with van der Waals surface area (Å²) < 4.78 is 14.5. The van der Waals surface area contributed by atoms with E-state index >= 15 is 0 Å². The summed E-state index contributed by atoms with van der Waals surface area (Å²) in [5.41, 5.74) is 1.33. The molecule has 0 amide bonds. The molecule has 5 nitrogen and oxygen atoms in total. The molecule has 1 aliphatic heterocycles. The van der Waals surface area contributed by atoms with E-state index in [1.54, 1.807) is 6.07 Å². The zero-order valence-corrected chi connectivity index (χ0v) is 8.85. The average molecular weight is 222 g/mol. The molecule has 0 saturated carbocycles. The van der Waals surface area contributed by atoms with Gasteiger partial charge >= 0.3 is 11.9 Å². The van der Waals surface area contributed by atoms with Crippen LogP contribution in [0.15, 0.2) is 18.2 Å². The van der Waals surface area contributed by atoms with Gasteiger partial charge in [0.1, 0.15) is 0 Å². The maximum atomic E-state index is 11.4. The number of rotatable bonds is 2. The number of methoxy groups -OCH3 is 2. The largest absolute Gasteiger partial charge is 0.465 e. The molecular formula is C11H10O5. The maximum absolute atomic E-state index is 11.4. The summed E-state index contributed by atoms with van der Waals surface area (Å²) in [5.74, 6) is -0.907. The van der Waals surface area contributed by atoms with Gasteiger partial charge in [0.2, 0.25) is 6.29 Å². The van der Waals surface area contributed by atoms with Gasteiger partial charge in [-0.2, -0.15) is 0 Å². The van der Waals surface area contributed by atoms with Crippen LogP contribution in [0.2, 0.25) is 0 Å². The van der Waals surface area contributed by atoms with Crippen molar-refractivity contribution in [1.82, 2.24) is 0 Å². The van der Waals surface area contributed by atoms with Crippen LogP contribution in [0.5, 0.6) is 0 Å². The van der Waals surface area contributed by atoms with Crippen molar-refractivity contribution >= 4 is 11.9 Å². The van der Waals surface area contributed by atoms with Gasteiger partial charge in [-0.05, 0) is 18.2 Å². The van der Waals surface area contributed by atoms with Crippen molar-refractivity contribution in [2.75, 3.05) is 14.2 Å². The molecule has 1 aliphatic rings. The van der Waals surface area contributed by atoms with Crippen LogP contribution >= 0.6 is 0 Å². The summed E-state index contributed by atoms with van der Waals surface area (Å²) >= 11 is 0. The fourth-order valence-corrected chi connectivity index (χ4v) is 1.59. The first-order valence-electron chi connectivity index (χ1n) is 4.63. The van der Waals surface area contributed by atoms with Gasteiger partial charge in [0.15, 0.2) is 0 Å². The molecule has 16 heavy (non-hydrogen) atoms. The Balaban J connectivity index is 2.45. The van der Waals surface area contributed by atoms with E-state index in [0.29, 0.717) is 16.7 Å². The summed E-state index contributed by atoms with van der Waals surface area (Å²) in [6.45, 7) is 0. The van der Waals surface area contributed by atoms with E-state index in [1.807, 2.05) is 0 Å². The number of fused-ring (bicyclic) bond motifs is 1. The Morgan fingerprint density at radius 2 is 2.12 bits per heavy atom. The van der Waals surface area contributed by atoms with Crippen LogP contribution in [0.1, 0.15) is 32.6 Å². The second-order valence-electron chi connectivity index (χ2n) is 3.27. The Labute approximate surface area is 91.9 Å². The van der Waals surface area contributed by atoms with Gasteiger partial charge in [-0.1, -0.05) is 0 Å². The Hall–Kier alpha value is -1.88. The Morgan fingerprint density at radius 1 is 1.38 bits per heavy atom. The lowest BCUT2D eigenvalue weighted by Crippen LogP contribution is -2.04. The van der Waals surface area contributed by atoms with Crippen LogP contribution in [-0.4, -0.2) is 26.2 Å². The molecule has 0 radical (unpaired) electrons. The third-order valence-electron chi connectivity index (χ3n) is 2.37. The summed E-state index contributed by atoms with van der Waals surface area (Å²) in [7, 11) is 2.73. The maximum Gasteiger partial charge on any atom is 0.341 e. The van der Waals surface area contributed by atoms with Crippen molar-refractivity contribution in [2.24, 2.45) is 0 Å². The SMILES string of the molecule is COC(=O)c1ccc2c(c1)C(OC)OC2=O. The van der Waals surface area contributed by atoms with E-state index in [9.17, 15) is 9.59 Å². The molecule has 0 spiro atoms. The molecule has 0 aromatic heterocycles.